The first-order chi connectivity index (χ1) is 9.20. The molecule has 94 valence electrons. The van der Waals surface area contributed by atoms with Crippen LogP contribution in [-0.2, 0) is 12.8 Å². The zero-order chi connectivity index (χ0) is 13.4. The minimum absolute atomic E-state index is 0.191. The molecule has 1 aliphatic rings. The largest absolute Gasteiger partial charge is 0.289 e. The Morgan fingerprint density at radius 1 is 1.11 bits per heavy atom. The number of benzene rings is 2. The molecule has 0 heterocycles. The normalized spacial score (nSPS) is 13.5. The molecule has 0 bridgehead atoms. The Labute approximate surface area is 127 Å². The van der Waals surface area contributed by atoms with Crippen molar-refractivity contribution in [2.45, 2.75) is 19.7 Å². The van der Waals surface area contributed by atoms with Crippen molar-refractivity contribution < 1.29 is 4.79 Å². The molecule has 0 radical (unpaired) electrons. The zero-order valence-corrected chi connectivity index (χ0v) is 13.0. The standard InChI is InChI=1S/C16H14BIO/c1-17-15-4-2-3-13-12(15)8-6-10-5-7-11(18)9-14(10)16(13)19/h2-5,7,9,17H,6,8H2,1H3. The first kappa shape index (κ1) is 12.9. The van der Waals surface area contributed by atoms with E-state index in [0.717, 1.165) is 34.8 Å². The minimum atomic E-state index is 0.191. The Morgan fingerprint density at radius 3 is 2.74 bits per heavy atom. The van der Waals surface area contributed by atoms with Crippen molar-refractivity contribution in [1.29, 1.82) is 0 Å². The van der Waals surface area contributed by atoms with Gasteiger partial charge in [-0.25, -0.2) is 0 Å². The predicted molar refractivity (Wildman–Crippen MR) is 89.1 cm³/mol. The molecule has 3 heteroatoms. The molecule has 0 unspecified atom stereocenters. The number of fused-ring (bicyclic) bond motifs is 2. The van der Waals surface area contributed by atoms with Crippen LogP contribution >= 0.6 is 22.6 Å². The van der Waals surface area contributed by atoms with Crippen LogP contribution in [0.25, 0.3) is 0 Å². The second kappa shape index (κ2) is 5.12. The summed E-state index contributed by atoms with van der Waals surface area (Å²) in [6.07, 6.45) is 1.93. The molecule has 2 aromatic carbocycles. The van der Waals surface area contributed by atoms with Crippen LogP contribution in [-0.4, -0.2) is 13.1 Å². The number of carbonyl (C=O) groups excluding carboxylic acids is 1. The fourth-order valence-corrected chi connectivity index (χ4v) is 3.35. The molecule has 19 heavy (non-hydrogen) atoms. The smallest absolute Gasteiger partial charge is 0.193 e. The lowest BCUT2D eigenvalue weighted by molar-refractivity contribution is 0.103. The van der Waals surface area contributed by atoms with Gasteiger partial charge in [-0.05, 0) is 58.7 Å². The van der Waals surface area contributed by atoms with E-state index in [-0.39, 0.29) is 5.78 Å². The molecule has 1 aliphatic carbocycles. The number of carbonyl (C=O) groups is 1. The van der Waals surface area contributed by atoms with Crippen LogP contribution in [0.4, 0.5) is 0 Å². The van der Waals surface area contributed by atoms with Gasteiger partial charge in [0.1, 0.15) is 0 Å². The average molecular weight is 360 g/mol. The predicted octanol–water partition coefficient (Wildman–Crippen LogP) is 2.73. The monoisotopic (exact) mass is 360 g/mol. The van der Waals surface area contributed by atoms with Crippen molar-refractivity contribution in [2.24, 2.45) is 0 Å². The Bertz CT molecular complexity index is 664. The molecule has 0 atom stereocenters. The number of hydrogen-bond donors (Lipinski definition) is 0. The van der Waals surface area contributed by atoms with Crippen molar-refractivity contribution in [3.8, 4) is 0 Å². The second-order valence-electron chi connectivity index (χ2n) is 4.93. The number of hydrogen-bond acceptors (Lipinski definition) is 1. The third-order valence-corrected chi connectivity index (χ3v) is 4.53. The highest BCUT2D eigenvalue weighted by Crippen LogP contribution is 2.25. The van der Waals surface area contributed by atoms with Crippen molar-refractivity contribution in [2.75, 3.05) is 0 Å². The highest BCUT2D eigenvalue weighted by Gasteiger charge is 2.22. The van der Waals surface area contributed by atoms with E-state index < -0.39 is 0 Å². The van der Waals surface area contributed by atoms with E-state index in [9.17, 15) is 4.79 Å². The summed E-state index contributed by atoms with van der Waals surface area (Å²) in [4.78, 5) is 12.7. The van der Waals surface area contributed by atoms with Crippen molar-refractivity contribution in [3.05, 3.63) is 62.2 Å². The summed E-state index contributed by atoms with van der Waals surface area (Å²) in [5, 5.41) is 0. The van der Waals surface area contributed by atoms with Crippen LogP contribution in [0.15, 0.2) is 36.4 Å². The fraction of sp³-hybridized carbons (Fsp3) is 0.188. The van der Waals surface area contributed by atoms with E-state index in [2.05, 4.69) is 47.6 Å². The van der Waals surface area contributed by atoms with E-state index in [1.165, 1.54) is 16.6 Å². The van der Waals surface area contributed by atoms with Crippen LogP contribution < -0.4 is 5.46 Å². The molecule has 0 aliphatic heterocycles. The molecule has 0 spiro atoms. The molecular formula is C16H14BIO. The van der Waals surface area contributed by atoms with Gasteiger partial charge in [0.15, 0.2) is 13.1 Å². The van der Waals surface area contributed by atoms with Gasteiger partial charge in [0.25, 0.3) is 0 Å². The molecule has 0 aromatic heterocycles. The maximum Gasteiger partial charge on any atom is 0.193 e. The summed E-state index contributed by atoms with van der Waals surface area (Å²) in [6, 6.07) is 12.3. The van der Waals surface area contributed by atoms with Crippen LogP contribution in [0, 0.1) is 3.57 Å². The zero-order valence-electron chi connectivity index (χ0n) is 10.9. The van der Waals surface area contributed by atoms with Crippen LogP contribution in [0.2, 0.25) is 6.82 Å². The van der Waals surface area contributed by atoms with Gasteiger partial charge in [0.2, 0.25) is 0 Å². The van der Waals surface area contributed by atoms with Gasteiger partial charge < -0.3 is 0 Å². The topological polar surface area (TPSA) is 17.1 Å². The highest BCUT2D eigenvalue weighted by atomic mass is 127. The lowest BCUT2D eigenvalue weighted by atomic mass is 9.69. The molecule has 0 saturated heterocycles. The van der Waals surface area contributed by atoms with Crippen LogP contribution in [0.5, 0.6) is 0 Å². The first-order valence-corrected chi connectivity index (χ1v) is 7.72. The van der Waals surface area contributed by atoms with Gasteiger partial charge in [-0.15, -0.1) is 0 Å². The summed E-state index contributed by atoms with van der Waals surface area (Å²) >= 11 is 2.27. The quantitative estimate of drug-likeness (QED) is 0.565. The fourth-order valence-electron chi connectivity index (χ4n) is 2.86. The Morgan fingerprint density at radius 2 is 1.95 bits per heavy atom. The van der Waals surface area contributed by atoms with E-state index in [1.54, 1.807) is 0 Å². The lowest BCUT2D eigenvalue weighted by Gasteiger charge is -2.09. The molecule has 0 fully saturated rings. The number of aryl methyl sites for hydroxylation is 1. The van der Waals surface area contributed by atoms with E-state index >= 15 is 0 Å². The van der Waals surface area contributed by atoms with Gasteiger partial charge in [0, 0.05) is 14.7 Å². The van der Waals surface area contributed by atoms with E-state index in [4.69, 9.17) is 0 Å². The Balaban J connectivity index is 2.21. The maximum absolute atomic E-state index is 12.7. The summed E-state index contributed by atoms with van der Waals surface area (Å²) in [5.74, 6) is 0.191. The van der Waals surface area contributed by atoms with Gasteiger partial charge >= 0.3 is 0 Å². The van der Waals surface area contributed by atoms with Gasteiger partial charge in [-0.1, -0.05) is 36.6 Å². The lowest BCUT2D eigenvalue weighted by Crippen LogP contribution is -2.20. The van der Waals surface area contributed by atoms with Gasteiger partial charge in [-0.2, -0.15) is 0 Å². The third kappa shape index (κ3) is 2.24. The summed E-state index contributed by atoms with van der Waals surface area (Å²) < 4.78 is 1.12. The SMILES string of the molecule is CBc1cccc2c1CCc1ccc(I)cc1C2=O. The molecular weight excluding hydrogens is 346 g/mol. The number of halogens is 1. The summed E-state index contributed by atoms with van der Waals surface area (Å²) in [6.45, 7) is 2.15. The Kier molecular flexibility index (Phi) is 3.48. The average Bonchev–Trinajstić information content (AvgIpc) is 2.57. The van der Waals surface area contributed by atoms with Crippen LogP contribution in [0.3, 0.4) is 0 Å². The van der Waals surface area contributed by atoms with Crippen molar-refractivity contribution in [1.82, 2.24) is 0 Å². The number of ketones is 1. The molecule has 0 amide bonds. The minimum Gasteiger partial charge on any atom is -0.289 e. The molecule has 0 N–H and O–H groups in total. The molecule has 1 nitrogen and oxygen atoms in total. The highest BCUT2D eigenvalue weighted by molar-refractivity contribution is 14.1. The van der Waals surface area contributed by atoms with E-state index in [1.807, 2.05) is 18.2 Å². The first-order valence-electron chi connectivity index (χ1n) is 6.64. The molecule has 3 rings (SSSR count). The Hall–Kier alpha value is -1.10. The third-order valence-electron chi connectivity index (χ3n) is 3.86. The second-order valence-corrected chi connectivity index (χ2v) is 6.17. The van der Waals surface area contributed by atoms with Crippen molar-refractivity contribution >= 4 is 41.1 Å². The molecule has 0 saturated carbocycles. The van der Waals surface area contributed by atoms with Crippen LogP contribution in [0.1, 0.15) is 27.0 Å². The van der Waals surface area contributed by atoms with Gasteiger partial charge in [-0.3, -0.25) is 4.79 Å². The molecule has 2 aromatic rings. The van der Waals surface area contributed by atoms with Crippen molar-refractivity contribution in [3.63, 3.8) is 0 Å². The van der Waals surface area contributed by atoms with E-state index in [0.29, 0.717) is 0 Å². The summed E-state index contributed by atoms with van der Waals surface area (Å²) in [7, 11) is 0.990. The van der Waals surface area contributed by atoms with Gasteiger partial charge in [0.05, 0.1) is 0 Å². The maximum atomic E-state index is 12.7. The summed E-state index contributed by atoms with van der Waals surface area (Å²) in [5.41, 5.74) is 5.54. The number of rotatable bonds is 1.